The lowest BCUT2D eigenvalue weighted by Crippen LogP contribution is -2.31. The van der Waals surface area contributed by atoms with E-state index in [9.17, 15) is 19.8 Å². The summed E-state index contributed by atoms with van der Waals surface area (Å²) in [5.41, 5.74) is 0.909. The molecule has 1 amide bonds. The molecule has 2 unspecified atom stereocenters. The fourth-order valence-corrected chi connectivity index (χ4v) is 2.18. The first-order valence-corrected chi connectivity index (χ1v) is 7.38. The number of carbonyl (C=O) groups excluding carboxylic acids is 1. The van der Waals surface area contributed by atoms with E-state index in [1.807, 2.05) is 0 Å². The molecule has 0 bridgehead atoms. The standard InChI is InChI=1S/C15H20N4O4/c1-3-11(14(4-2)19(22)23)8-13(18-21)10-17-15(20)12-6-5-7-16-9-12/h5-9,13-14H,3-4,10H2,1-2H3,(H,17,20). The van der Waals surface area contributed by atoms with E-state index in [0.717, 1.165) is 0 Å². The van der Waals surface area contributed by atoms with E-state index in [2.05, 4.69) is 15.5 Å². The SMILES string of the molecule is CCC(=CC(CNC(=O)c1cccnc1)N=O)C(CC)[N+](=O)[O-]. The van der Waals surface area contributed by atoms with E-state index in [4.69, 9.17) is 0 Å². The van der Waals surface area contributed by atoms with E-state index in [-0.39, 0.29) is 17.4 Å². The van der Waals surface area contributed by atoms with Crippen LogP contribution in [0.15, 0.2) is 41.4 Å². The van der Waals surface area contributed by atoms with Crippen molar-refractivity contribution in [1.82, 2.24) is 10.3 Å². The monoisotopic (exact) mass is 320 g/mol. The number of aromatic nitrogens is 1. The molecule has 1 rings (SSSR count). The summed E-state index contributed by atoms with van der Waals surface area (Å²) in [5.74, 6) is -0.375. The molecular weight excluding hydrogens is 300 g/mol. The predicted octanol–water partition coefficient (Wildman–Crippen LogP) is 2.34. The summed E-state index contributed by atoms with van der Waals surface area (Å²) in [6.45, 7) is 3.48. The Hall–Kier alpha value is -2.64. The maximum Gasteiger partial charge on any atom is 0.252 e. The van der Waals surface area contributed by atoms with Crippen molar-refractivity contribution < 1.29 is 9.72 Å². The van der Waals surface area contributed by atoms with Crippen LogP contribution in [-0.4, -0.2) is 34.4 Å². The zero-order valence-electron chi connectivity index (χ0n) is 13.1. The van der Waals surface area contributed by atoms with Crippen LogP contribution in [-0.2, 0) is 0 Å². The van der Waals surface area contributed by atoms with Crippen molar-refractivity contribution in [2.24, 2.45) is 5.18 Å². The van der Waals surface area contributed by atoms with Gasteiger partial charge in [-0.25, -0.2) is 0 Å². The van der Waals surface area contributed by atoms with Crippen LogP contribution in [0.1, 0.15) is 37.0 Å². The Kier molecular flexibility index (Phi) is 7.52. The number of amides is 1. The fraction of sp³-hybridized carbons (Fsp3) is 0.467. The molecular formula is C15H20N4O4. The van der Waals surface area contributed by atoms with Gasteiger partial charge in [-0.15, -0.1) is 0 Å². The second-order valence-electron chi connectivity index (χ2n) is 4.93. The molecule has 0 radical (unpaired) electrons. The van der Waals surface area contributed by atoms with E-state index < -0.39 is 12.1 Å². The molecule has 0 fully saturated rings. The molecule has 124 valence electrons. The number of hydrogen-bond acceptors (Lipinski definition) is 6. The summed E-state index contributed by atoms with van der Waals surface area (Å²) in [6, 6.07) is 1.54. The summed E-state index contributed by atoms with van der Waals surface area (Å²) < 4.78 is 0. The van der Waals surface area contributed by atoms with Crippen molar-refractivity contribution in [3.05, 3.63) is 56.8 Å². The van der Waals surface area contributed by atoms with Gasteiger partial charge in [-0.1, -0.05) is 19.0 Å². The van der Waals surface area contributed by atoms with Crippen molar-refractivity contribution in [2.75, 3.05) is 6.54 Å². The molecule has 0 spiro atoms. The Balaban J connectivity index is 2.75. The van der Waals surface area contributed by atoms with Crippen molar-refractivity contribution >= 4 is 5.91 Å². The van der Waals surface area contributed by atoms with Crippen LogP contribution >= 0.6 is 0 Å². The number of hydrogen-bond donors (Lipinski definition) is 1. The van der Waals surface area contributed by atoms with Gasteiger partial charge in [0.15, 0.2) is 0 Å². The zero-order valence-corrected chi connectivity index (χ0v) is 13.1. The Morgan fingerprint density at radius 2 is 2.26 bits per heavy atom. The number of nitroso groups, excluding NO2 is 1. The Morgan fingerprint density at radius 1 is 1.52 bits per heavy atom. The van der Waals surface area contributed by atoms with Gasteiger partial charge in [0.05, 0.1) is 5.56 Å². The number of pyridine rings is 1. The third-order valence-corrected chi connectivity index (χ3v) is 3.41. The molecule has 0 aromatic carbocycles. The third-order valence-electron chi connectivity index (χ3n) is 3.41. The molecule has 0 aliphatic heterocycles. The first kappa shape index (κ1) is 18.4. The van der Waals surface area contributed by atoms with Gasteiger partial charge in [-0.3, -0.25) is 19.9 Å². The molecule has 1 aromatic heterocycles. The Labute approximate surface area is 134 Å². The second kappa shape index (κ2) is 9.39. The number of nitro groups is 1. The highest BCUT2D eigenvalue weighted by atomic mass is 16.6. The molecule has 1 heterocycles. The summed E-state index contributed by atoms with van der Waals surface area (Å²) in [6.07, 6.45) is 5.22. The van der Waals surface area contributed by atoms with Crippen molar-refractivity contribution in [3.63, 3.8) is 0 Å². The molecule has 0 aliphatic rings. The highest BCUT2D eigenvalue weighted by Gasteiger charge is 2.23. The molecule has 0 saturated carbocycles. The van der Waals surface area contributed by atoms with Crippen LogP contribution < -0.4 is 5.32 Å². The van der Waals surface area contributed by atoms with Gasteiger partial charge in [-0.2, -0.15) is 4.91 Å². The molecule has 23 heavy (non-hydrogen) atoms. The molecule has 0 saturated heterocycles. The molecule has 8 nitrogen and oxygen atoms in total. The lowest BCUT2D eigenvalue weighted by molar-refractivity contribution is -0.512. The van der Waals surface area contributed by atoms with Gasteiger partial charge in [0, 0.05) is 35.9 Å². The number of carbonyl (C=O) groups is 1. The predicted molar refractivity (Wildman–Crippen MR) is 85.6 cm³/mol. The maximum atomic E-state index is 11.9. The van der Waals surface area contributed by atoms with Gasteiger partial charge >= 0.3 is 0 Å². The first-order valence-electron chi connectivity index (χ1n) is 7.38. The highest BCUT2D eigenvalue weighted by molar-refractivity contribution is 5.93. The largest absolute Gasteiger partial charge is 0.349 e. The topological polar surface area (TPSA) is 115 Å². The Bertz CT molecular complexity index is 574. The summed E-state index contributed by atoms with van der Waals surface area (Å²) in [7, 11) is 0. The average Bonchev–Trinajstić information content (AvgIpc) is 2.57. The van der Waals surface area contributed by atoms with Gasteiger partial charge in [-0.05, 0) is 24.6 Å². The van der Waals surface area contributed by atoms with E-state index in [1.165, 1.54) is 12.3 Å². The second-order valence-corrected chi connectivity index (χ2v) is 4.93. The number of nitrogens with one attached hydrogen (secondary N) is 1. The fourth-order valence-electron chi connectivity index (χ4n) is 2.18. The van der Waals surface area contributed by atoms with Crippen LogP contribution in [0.25, 0.3) is 0 Å². The van der Waals surface area contributed by atoms with Gasteiger partial charge < -0.3 is 5.32 Å². The average molecular weight is 320 g/mol. The smallest absolute Gasteiger partial charge is 0.252 e. The van der Waals surface area contributed by atoms with Crippen LogP contribution in [0, 0.1) is 15.0 Å². The zero-order chi connectivity index (χ0) is 17.2. The maximum absolute atomic E-state index is 11.9. The Morgan fingerprint density at radius 3 is 2.74 bits per heavy atom. The van der Waals surface area contributed by atoms with Crippen molar-refractivity contribution in [3.8, 4) is 0 Å². The normalized spacial score (nSPS) is 13.9. The van der Waals surface area contributed by atoms with Crippen LogP contribution in [0.4, 0.5) is 0 Å². The minimum atomic E-state index is -0.848. The lowest BCUT2D eigenvalue weighted by Gasteiger charge is -2.13. The van der Waals surface area contributed by atoms with Crippen molar-refractivity contribution in [1.29, 1.82) is 0 Å². The van der Waals surface area contributed by atoms with E-state index >= 15 is 0 Å². The van der Waals surface area contributed by atoms with Crippen molar-refractivity contribution in [2.45, 2.75) is 38.8 Å². The molecule has 2 atom stereocenters. The first-order chi connectivity index (χ1) is 11.0. The molecule has 0 aliphatic carbocycles. The third kappa shape index (κ3) is 5.57. The number of nitrogens with zero attached hydrogens (tertiary/aromatic N) is 3. The van der Waals surface area contributed by atoms with Gasteiger partial charge in [0.2, 0.25) is 6.04 Å². The molecule has 8 heteroatoms. The van der Waals surface area contributed by atoms with E-state index in [1.54, 1.807) is 32.2 Å². The van der Waals surface area contributed by atoms with Crippen LogP contribution in [0.3, 0.4) is 0 Å². The quantitative estimate of drug-likeness (QED) is 0.324. The molecule has 1 N–H and O–H groups in total. The highest BCUT2D eigenvalue weighted by Crippen LogP contribution is 2.15. The minimum absolute atomic E-state index is 0.0190. The van der Waals surface area contributed by atoms with Gasteiger partial charge in [0.25, 0.3) is 5.91 Å². The summed E-state index contributed by atoms with van der Waals surface area (Å²) in [5, 5.41) is 16.5. The lowest BCUT2D eigenvalue weighted by atomic mass is 10.00. The summed E-state index contributed by atoms with van der Waals surface area (Å²) >= 11 is 0. The number of rotatable bonds is 9. The molecule has 1 aromatic rings. The van der Waals surface area contributed by atoms with E-state index in [0.29, 0.717) is 24.0 Å². The van der Waals surface area contributed by atoms with Crippen LogP contribution in [0.2, 0.25) is 0 Å². The minimum Gasteiger partial charge on any atom is -0.349 e. The van der Waals surface area contributed by atoms with Gasteiger partial charge in [0.1, 0.15) is 6.04 Å². The summed E-state index contributed by atoms with van der Waals surface area (Å²) in [4.78, 5) is 37.4. The van der Waals surface area contributed by atoms with Crippen LogP contribution in [0.5, 0.6) is 0 Å².